The van der Waals surface area contributed by atoms with Crippen LogP contribution in [0.4, 0.5) is 10.7 Å². The summed E-state index contributed by atoms with van der Waals surface area (Å²) in [5.74, 6) is -0.328. The Morgan fingerprint density at radius 1 is 0.923 bits per heavy atom. The third-order valence-corrected chi connectivity index (χ3v) is 5.30. The number of thiophene rings is 1. The molecule has 0 saturated heterocycles. The van der Waals surface area contributed by atoms with Gasteiger partial charge in [0.15, 0.2) is 0 Å². The smallest absolute Gasteiger partial charge is 0.339 e. The highest BCUT2D eigenvalue weighted by atomic mass is 32.1. The number of carbonyl (C=O) groups excluding carboxylic acids is 1. The highest BCUT2D eigenvalue weighted by Crippen LogP contribution is 2.40. The second-order valence-corrected chi connectivity index (χ2v) is 6.91. The molecule has 0 fully saturated rings. The summed E-state index contributed by atoms with van der Waals surface area (Å²) < 4.78 is 5.01. The zero-order valence-corrected chi connectivity index (χ0v) is 15.0. The Labute approximate surface area is 155 Å². The van der Waals surface area contributed by atoms with Crippen molar-refractivity contribution in [3.8, 4) is 10.4 Å². The number of fused-ring (bicyclic) bond motifs is 1. The molecule has 0 amide bonds. The normalized spacial score (nSPS) is 10.7. The monoisotopic (exact) mass is 359 g/mol. The van der Waals surface area contributed by atoms with Gasteiger partial charge in [0.2, 0.25) is 0 Å². The van der Waals surface area contributed by atoms with E-state index in [1.165, 1.54) is 7.11 Å². The lowest BCUT2D eigenvalue weighted by atomic mass is 10.0. The Bertz CT molecular complexity index is 1060. The van der Waals surface area contributed by atoms with Crippen molar-refractivity contribution < 1.29 is 9.53 Å². The number of benzene rings is 3. The zero-order chi connectivity index (χ0) is 17.9. The summed E-state index contributed by atoms with van der Waals surface area (Å²) in [4.78, 5) is 13.3. The minimum Gasteiger partial charge on any atom is -0.465 e. The number of ether oxygens (including phenoxy) is 1. The molecule has 0 bridgehead atoms. The molecule has 0 radical (unpaired) electrons. The van der Waals surface area contributed by atoms with Gasteiger partial charge < -0.3 is 10.1 Å². The first kappa shape index (κ1) is 16.4. The largest absolute Gasteiger partial charge is 0.465 e. The maximum atomic E-state index is 12.4. The Balaban J connectivity index is 1.85. The van der Waals surface area contributed by atoms with Crippen LogP contribution in [0.5, 0.6) is 0 Å². The molecular weight excluding hydrogens is 342 g/mol. The maximum Gasteiger partial charge on any atom is 0.339 e. The van der Waals surface area contributed by atoms with Gasteiger partial charge >= 0.3 is 5.97 Å². The van der Waals surface area contributed by atoms with Gasteiger partial charge in [0.25, 0.3) is 0 Å². The average Bonchev–Trinajstić information content (AvgIpc) is 3.11. The molecule has 3 nitrogen and oxygen atoms in total. The number of nitrogens with one attached hydrogen (secondary N) is 1. The van der Waals surface area contributed by atoms with E-state index >= 15 is 0 Å². The van der Waals surface area contributed by atoms with Gasteiger partial charge in [0, 0.05) is 11.3 Å². The fourth-order valence-electron chi connectivity index (χ4n) is 3.00. The topological polar surface area (TPSA) is 38.3 Å². The summed E-state index contributed by atoms with van der Waals surface area (Å²) in [6, 6.07) is 26.1. The lowest BCUT2D eigenvalue weighted by molar-refractivity contribution is 0.0602. The number of rotatable bonds is 4. The van der Waals surface area contributed by atoms with Crippen LogP contribution >= 0.6 is 11.3 Å². The van der Waals surface area contributed by atoms with Gasteiger partial charge in [-0.1, -0.05) is 60.7 Å². The van der Waals surface area contributed by atoms with Crippen LogP contribution in [0.1, 0.15) is 10.4 Å². The molecule has 0 saturated carbocycles. The molecule has 1 aromatic heterocycles. The average molecular weight is 359 g/mol. The number of hydrogen-bond acceptors (Lipinski definition) is 4. The van der Waals surface area contributed by atoms with Crippen molar-refractivity contribution in [1.82, 2.24) is 0 Å². The summed E-state index contributed by atoms with van der Waals surface area (Å²) in [5, 5.41) is 6.54. The first-order valence-corrected chi connectivity index (χ1v) is 9.10. The molecule has 1 heterocycles. The SMILES string of the molecule is COC(=O)c1cc(Nc2ccccc2)sc1-c1cccc2ccccc12. The van der Waals surface area contributed by atoms with E-state index in [2.05, 4.69) is 23.5 Å². The highest BCUT2D eigenvalue weighted by molar-refractivity contribution is 7.20. The minimum atomic E-state index is -0.328. The van der Waals surface area contributed by atoms with Crippen LogP contribution in [0.3, 0.4) is 0 Å². The molecule has 0 aliphatic rings. The van der Waals surface area contributed by atoms with Crippen molar-refractivity contribution in [3.63, 3.8) is 0 Å². The van der Waals surface area contributed by atoms with Crippen LogP contribution in [-0.2, 0) is 4.74 Å². The molecule has 4 heteroatoms. The number of esters is 1. The van der Waals surface area contributed by atoms with E-state index in [1.807, 2.05) is 60.7 Å². The van der Waals surface area contributed by atoms with E-state index in [4.69, 9.17) is 4.74 Å². The number of anilines is 2. The molecule has 128 valence electrons. The van der Waals surface area contributed by atoms with Crippen LogP contribution in [0.25, 0.3) is 21.2 Å². The van der Waals surface area contributed by atoms with Crippen LogP contribution in [0.15, 0.2) is 78.9 Å². The summed E-state index contributed by atoms with van der Waals surface area (Å²) >= 11 is 1.55. The first-order chi connectivity index (χ1) is 12.8. The third kappa shape index (κ3) is 3.07. The lowest BCUT2D eigenvalue weighted by Crippen LogP contribution is -2.01. The third-order valence-electron chi connectivity index (χ3n) is 4.21. The van der Waals surface area contributed by atoms with Crippen LogP contribution < -0.4 is 5.32 Å². The molecule has 3 aromatic carbocycles. The fourth-order valence-corrected chi connectivity index (χ4v) is 4.11. The predicted molar refractivity (Wildman–Crippen MR) is 108 cm³/mol. The van der Waals surface area contributed by atoms with Crippen molar-refractivity contribution in [3.05, 3.63) is 84.4 Å². The Morgan fingerprint density at radius 3 is 2.46 bits per heavy atom. The van der Waals surface area contributed by atoms with Gasteiger partial charge in [0.05, 0.1) is 22.6 Å². The van der Waals surface area contributed by atoms with Crippen molar-refractivity contribution in [2.45, 2.75) is 0 Å². The quantitative estimate of drug-likeness (QED) is 0.448. The fraction of sp³-hybridized carbons (Fsp3) is 0.0455. The molecule has 0 aliphatic heterocycles. The van der Waals surface area contributed by atoms with E-state index in [9.17, 15) is 4.79 Å². The molecular formula is C22H17NO2S. The number of para-hydroxylation sites is 1. The molecule has 0 aliphatic carbocycles. The van der Waals surface area contributed by atoms with E-state index in [0.29, 0.717) is 5.56 Å². The minimum absolute atomic E-state index is 0.328. The summed E-state index contributed by atoms with van der Waals surface area (Å²) in [5.41, 5.74) is 2.59. The van der Waals surface area contributed by atoms with E-state index in [0.717, 1.165) is 31.9 Å². The lowest BCUT2D eigenvalue weighted by Gasteiger charge is -2.06. The van der Waals surface area contributed by atoms with Gasteiger partial charge in [-0.15, -0.1) is 11.3 Å². The zero-order valence-electron chi connectivity index (χ0n) is 14.2. The van der Waals surface area contributed by atoms with Crippen LogP contribution in [0, 0.1) is 0 Å². The molecule has 0 unspecified atom stereocenters. The second kappa shape index (κ2) is 7.02. The second-order valence-electron chi connectivity index (χ2n) is 5.86. The number of carbonyl (C=O) groups is 1. The van der Waals surface area contributed by atoms with Crippen molar-refractivity contribution in [2.75, 3.05) is 12.4 Å². The van der Waals surface area contributed by atoms with Crippen molar-refractivity contribution in [2.24, 2.45) is 0 Å². The van der Waals surface area contributed by atoms with Gasteiger partial charge in [-0.2, -0.15) is 0 Å². The van der Waals surface area contributed by atoms with Gasteiger partial charge in [-0.05, 0) is 29.0 Å². The van der Waals surface area contributed by atoms with Gasteiger partial charge in [0.1, 0.15) is 0 Å². The summed E-state index contributed by atoms with van der Waals surface area (Å²) in [6.45, 7) is 0. The Kier molecular flexibility index (Phi) is 4.42. The van der Waals surface area contributed by atoms with E-state index in [1.54, 1.807) is 11.3 Å². The summed E-state index contributed by atoms with van der Waals surface area (Å²) in [6.07, 6.45) is 0. The van der Waals surface area contributed by atoms with Gasteiger partial charge in [-0.3, -0.25) is 0 Å². The van der Waals surface area contributed by atoms with Crippen LogP contribution in [0.2, 0.25) is 0 Å². The predicted octanol–water partition coefficient (Wildman–Crippen LogP) is 6.10. The standard InChI is InChI=1S/C22H17NO2S/c1-25-22(24)19-14-20(23-16-10-3-2-4-11-16)26-21(19)18-13-7-9-15-8-5-6-12-17(15)18/h2-14,23H,1H3. The molecule has 26 heavy (non-hydrogen) atoms. The Hall–Kier alpha value is -3.11. The van der Waals surface area contributed by atoms with Crippen LogP contribution in [-0.4, -0.2) is 13.1 Å². The molecule has 0 spiro atoms. The molecule has 4 aromatic rings. The molecule has 4 rings (SSSR count). The number of hydrogen-bond donors (Lipinski definition) is 1. The number of methoxy groups -OCH3 is 1. The molecule has 0 atom stereocenters. The summed E-state index contributed by atoms with van der Waals surface area (Å²) in [7, 11) is 1.41. The van der Waals surface area contributed by atoms with Gasteiger partial charge in [-0.25, -0.2) is 4.79 Å². The first-order valence-electron chi connectivity index (χ1n) is 8.28. The maximum absolute atomic E-state index is 12.4. The van der Waals surface area contributed by atoms with E-state index < -0.39 is 0 Å². The Morgan fingerprint density at radius 2 is 1.65 bits per heavy atom. The molecule has 1 N–H and O–H groups in total. The van der Waals surface area contributed by atoms with E-state index in [-0.39, 0.29) is 5.97 Å². The van der Waals surface area contributed by atoms with Crippen molar-refractivity contribution in [1.29, 1.82) is 0 Å². The van der Waals surface area contributed by atoms with Crippen molar-refractivity contribution >= 4 is 38.8 Å². The highest BCUT2D eigenvalue weighted by Gasteiger charge is 2.19.